The maximum atomic E-state index is 15.0. The van der Waals surface area contributed by atoms with Gasteiger partial charge < -0.3 is 25.8 Å². The molecule has 5 rings (SSSR count). The zero-order chi connectivity index (χ0) is 28.6. The van der Waals surface area contributed by atoms with E-state index in [4.69, 9.17) is 27.0 Å². The van der Waals surface area contributed by atoms with Crippen molar-refractivity contribution in [3.8, 4) is 22.1 Å². The minimum absolute atomic E-state index is 0.0344. The molecule has 4 N–H and O–H groups in total. The molecule has 0 saturated carbocycles. The van der Waals surface area contributed by atoms with Crippen LogP contribution in [0.2, 0.25) is 0 Å². The maximum Gasteiger partial charge on any atom is 0.230 e. The number of aliphatic hydroxyl groups excluding tert-OH is 1. The fraction of sp³-hybridized carbons (Fsp3) is 0.133. The lowest BCUT2D eigenvalue weighted by molar-refractivity contribution is -0.119. The number of rotatable bonds is 10. The number of hydrogen-bond acceptors (Lipinski definition) is 8. The van der Waals surface area contributed by atoms with Crippen LogP contribution in [0.15, 0.2) is 85.1 Å². The van der Waals surface area contributed by atoms with Crippen LogP contribution in [0.4, 0.5) is 10.1 Å². The number of aliphatic hydroxyl groups is 1. The number of nitrogens with one attached hydrogen (secondary N) is 3. The molecule has 2 aromatic carbocycles. The first kappa shape index (κ1) is 28.2. The van der Waals surface area contributed by atoms with Crippen LogP contribution in [-0.4, -0.2) is 39.2 Å². The molecule has 5 aromatic rings. The second kappa shape index (κ2) is 13.4. The third-order valence-corrected chi connectivity index (χ3v) is 7.27. The highest BCUT2D eigenvalue weighted by Gasteiger charge is 2.15. The van der Waals surface area contributed by atoms with E-state index in [0.717, 1.165) is 26.5 Å². The molecule has 208 valence electrons. The van der Waals surface area contributed by atoms with Gasteiger partial charge in [-0.25, -0.2) is 4.39 Å². The first-order chi connectivity index (χ1) is 20.0. The molecule has 0 bridgehead atoms. The van der Waals surface area contributed by atoms with Gasteiger partial charge >= 0.3 is 0 Å². The third-order valence-electron chi connectivity index (χ3n) is 5.90. The number of carbonyl (C=O) groups is 1. The predicted molar refractivity (Wildman–Crippen MR) is 163 cm³/mol. The van der Waals surface area contributed by atoms with E-state index < -0.39 is 5.82 Å². The van der Waals surface area contributed by atoms with Gasteiger partial charge in [0.05, 0.1) is 39.5 Å². The average Bonchev–Trinajstić information content (AvgIpc) is 3.41. The Hall–Kier alpha value is -4.29. The number of halogens is 1. The van der Waals surface area contributed by atoms with Crippen LogP contribution >= 0.6 is 23.6 Å². The highest BCUT2D eigenvalue weighted by Crippen LogP contribution is 2.39. The summed E-state index contributed by atoms with van der Waals surface area (Å²) >= 11 is 6.67. The van der Waals surface area contributed by atoms with Crippen molar-refractivity contribution in [2.45, 2.75) is 13.0 Å². The van der Waals surface area contributed by atoms with Gasteiger partial charge in [0, 0.05) is 37.1 Å². The molecule has 0 fully saturated rings. The van der Waals surface area contributed by atoms with E-state index in [1.807, 2.05) is 54.6 Å². The Morgan fingerprint density at radius 2 is 1.88 bits per heavy atom. The topological polar surface area (TPSA) is 108 Å². The van der Waals surface area contributed by atoms with Gasteiger partial charge in [0.15, 0.2) is 16.7 Å². The van der Waals surface area contributed by atoms with Gasteiger partial charge in [-0.2, -0.15) is 0 Å². The monoisotopic (exact) mass is 587 g/mol. The molecule has 3 heterocycles. The van der Waals surface area contributed by atoms with E-state index in [1.165, 1.54) is 23.5 Å². The van der Waals surface area contributed by atoms with Crippen molar-refractivity contribution in [1.29, 1.82) is 0 Å². The van der Waals surface area contributed by atoms with Crippen molar-refractivity contribution in [2.75, 3.05) is 18.5 Å². The minimum atomic E-state index is -0.597. The Morgan fingerprint density at radius 1 is 1.02 bits per heavy atom. The molecule has 8 nitrogen and oxygen atoms in total. The van der Waals surface area contributed by atoms with Crippen molar-refractivity contribution in [3.05, 3.63) is 102 Å². The standard InChI is InChI=1S/C30H26FN5O3S2/c31-22-16-20(35-30(40)36-28(38)15-19-5-2-1-3-6-19)9-10-25(22)39-26-11-12-33-24-17-27(41-29(24)26)23-8-4-7-21(34-23)18-32-13-14-37/h1-12,16-17,32,37H,13-15,18H2,(H2,35,36,38,40). The van der Waals surface area contributed by atoms with Crippen LogP contribution < -0.4 is 20.7 Å². The SMILES string of the molecule is O=C(Cc1ccccc1)NC(=S)Nc1ccc(Oc2ccnc3cc(-c4cccc(CNCCO)n4)sc23)c(F)c1. The lowest BCUT2D eigenvalue weighted by atomic mass is 10.1. The predicted octanol–water partition coefficient (Wildman–Crippen LogP) is 5.43. The number of thiophene rings is 1. The average molecular weight is 588 g/mol. The van der Waals surface area contributed by atoms with Crippen LogP contribution in [0.25, 0.3) is 20.8 Å². The molecule has 0 radical (unpaired) electrons. The van der Waals surface area contributed by atoms with Gasteiger partial charge in [-0.15, -0.1) is 11.3 Å². The van der Waals surface area contributed by atoms with Crippen LogP contribution in [0.5, 0.6) is 11.5 Å². The van der Waals surface area contributed by atoms with Gasteiger partial charge in [0.2, 0.25) is 5.91 Å². The van der Waals surface area contributed by atoms with Gasteiger partial charge in [0.25, 0.3) is 0 Å². The fourth-order valence-corrected chi connectivity index (χ4v) is 5.29. The molecule has 41 heavy (non-hydrogen) atoms. The van der Waals surface area contributed by atoms with Crippen molar-refractivity contribution < 1.29 is 19.0 Å². The number of nitrogens with zero attached hydrogens (tertiary/aromatic N) is 2. The number of amides is 1. The van der Waals surface area contributed by atoms with E-state index >= 15 is 4.39 Å². The highest BCUT2D eigenvalue weighted by atomic mass is 32.1. The molecule has 0 aliphatic carbocycles. The molecule has 11 heteroatoms. The number of benzene rings is 2. The van der Waals surface area contributed by atoms with Crippen molar-refractivity contribution in [3.63, 3.8) is 0 Å². The number of anilines is 1. The Labute approximate surface area is 245 Å². The van der Waals surface area contributed by atoms with Crippen molar-refractivity contribution >= 4 is 50.5 Å². The highest BCUT2D eigenvalue weighted by molar-refractivity contribution is 7.80. The van der Waals surface area contributed by atoms with Crippen LogP contribution in [0.1, 0.15) is 11.3 Å². The zero-order valence-corrected chi connectivity index (χ0v) is 23.4. The molecule has 0 atom stereocenters. The Kier molecular flexibility index (Phi) is 9.22. The summed E-state index contributed by atoms with van der Waals surface area (Å²) in [6.07, 6.45) is 1.79. The van der Waals surface area contributed by atoms with E-state index in [-0.39, 0.29) is 29.8 Å². The summed E-state index contributed by atoms with van der Waals surface area (Å²) in [5.41, 5.74) is 3.58. The smallest absolute Gasteiger partial charge is 0.230 e. The quantitative estimate of drug-likeness (QED) is 0.127. The molecular weight excluding hydrogens is 561 g/mol. The Morgan fingerprint density at radius 3 is 2.68 bits per heavy atom. The Bertz CT molecular complexity index is 1680. The number of ether oxygens (including phenoxy) is 1. The van der Waals surface area contributed by atoms with Crippen LogP contribution in [0, 0.1) is 5.82 Å². The summed E-state index contributed by atoms with van der Waals surface area (Å²) in [4.78, 5) is 22.3. The molecule has 0 saturated heterocycles. The molecule has 0 unspecified atom stereocenters. The fourth-order valence-electron chi connectivity index (χ4n) is 4.03. The molecule has 0 spiro atoms. The molecule has 1 amide bonds. The summed E-state index contributed by atoms with van der Waals surface area (Å²) < 4.78 is 21.8. The van der Waals surface area contributed by atoms with E-state index in [0.29, 0.717) is 30.0 Å². The largest absolute Gasteiger partial charge is 0.453 e. The summed E-state index contributed by atoms with van der Waals surface area (Å²) in [6.45, 7) is 1.09. The lowest BCUT2D eigenvalue weighted by Crippen LogP contribution is -2.35. The van der Waals surface area contributed by atoms with E-state index in [9.17, 15) is 4.79 Å². The molecular formula is C30H26FN5O3S2. The van der Waals surface area contributed by atoms with Crippen molar-refractivity contribution in [2.24, 2.45) is 0 Å². The molecule has 0 aliphatic rings. The number of fused-ring (bicyclic) bond motifs is 1. The molecule has 0 aliphatic heterocycles. The van der Waals surface area contributed by atoms with E-state index in [2.05, 4.69) is 20.9 Å². The summed E-state index contributed by atoms with van der Waals surface area (Å²) in [6, 6.07) is 23.0. The number of aromatic nitrogens is 2. The van der Waals surface area contributed by atoms with E-state index in [1.54, 1.807) is 18.3 Å². The summed E-state index contributed by atoms with van der Waals surface area (Å²) in [7, 11) is 0. The van der Waals surface area contributed by atoms with Crippen molar-refractivity contribution in [1.82, 2.24) is 20.6 Å². The zero-order valence-electron chi connectivity index (χ0n) is 21.8. The summed E-state index contributed by atoms with van der Waals surface area (Å²) in [5, 5.41) is 17.6. The third kappa shape index (κ3) is 7.47. The minimum Gasteiger partial charge on any atom is -0.453 e. The van der Waals surface area contributed by atoms with Gasteiger partial charge in [0.1, 0.15) is 5.75 Å². The van der Waals surface area contributed by atoms with Crippen LogP contribution in [-0.2, 0) is 17.8 Å². The second-order valence-corrected chi connectivity index (χ2v) is 10.4. The number of pyridine rings is 2. The van der Waals surface area contributed by atoms with Gasteiger partial charge in [-0.1, -0.05) is 36.4 Å². The van der Waals surface area contributed by atoms with Gasteiger partial charge in [-0.05, 0) is 48.1 Å². The lowest BCUT2D eigenvalue weighted by Gasteiger charge is -2.12. The molecule has 3 aromatic heterocycles. The second-order valence-electron chi connectivity index (χ2n) is 8.96. The number of hydrogen-bond donors (Lipinski definition) is 4. The first-order valence-corrected chi connectivity index (χ1v) is 14.0. The first-order valence-electron chi connectivity index (χ1n) is 12.8. The number of carbonyl (C=O) groups excluding carboxylic acids is 1. The normalized spacial score (nSPS) is 10.9. The van der Waals surface area contributed by atoms with Gasteiger partial charge in [-0.3, -0.25) is 14.8 Å². The maximum absolute atomic E-state index is 15.0. The summed E-state index contributed by atoms with van der Waals surface area (Å²) in [5.74, 6) is -0.367. The van der Waals surface area contributed by atoms with Crippen LogP contribution in [0.3, 0.4) is 0 Å². The Balaban J connectivity index is 1.26. The number of thiocarbonyl (C=S) groups is 1.